The summed E-state index contributed by atoms with van der Waals surface area (Å²) in [5.41, 5.74) is 1.84. The van der Waals surface area contributed by atoms with Crippen LogP contribution in [-0.2, 0) is 23.8 Å². The molecule has 166 valence electrons. The number of halogens is 3. The fraction of sp³-hybridized carbons (Fsp3) is 0.227. The normalized spacial score (nSPS) is 13.9. The van der Waals surface area contributed by atoms with E-state index >= 15 is 0 Å². The van der Waals surface area contributed by atoms with E-state index in [0.717, 1.165) is 11.1 Å². The van der Waals surface area contributed by atoms with Gasteiger partial charge in [0.15, 0.2) is 0 Å². The summed E-state index contributed by atoms with van der Waals surface area (Å²) in [6.07, 6.45) is -3.43. The van der Waals surface area contributed by atoms with E-state index in [-0.39, 0.29) is 24.9 Å². The van der Waals surface area contributed by atoms with Crippen LogP contribution in [0.3, 0.4) is 0 Å². The van der Waals surface area contributed by atoms with Crippen LogP contribution in [0.4, 0.5) is 36.3 Å². The van der Waals surface area contributed by atoms with Gasteiger partial charge in [-0.1, -0.05) is 30.3 Å². The standard InChI is InChI=1S/C22H20F3N5O2/c23-22(24,25)17-11-26-21(28-15-6-7-18-14(9-15)10-19(32)29-18)30-20(17)27-16(12-31)8-13-4-2-1-3-5-13/h1-7,9,11,16,31H,8,10,12H2,(H,29,32)(H2,26,27,28,30)/t16-/m0/s1. The molecule has 0 unspecified atom stereocenters. The number of carbonyl (C=O) groups excluding carboxylic acids is 1. The molecule has 1 aliphatic heterocycles. The minimum atomic E-state index is -4.67. The van der Waals surface area contributed by atoms with E-state index in [9.17, 15) is 23.1 Å². The van der Waals surface area contributed by atoms with Crippen molar-refractivity contribution in [3.05, 3.63) is 71.4 Å². The van der Waals surface area contributed by atoms with Crippen molar-refractivity contribution in [2.45, 2.75) is 25.1 Å². The second-order valence-electron chi connectivity index (χ2n) is 7.39. The van der Waals surface area contributed by atoms with Gasteiger partial charge in [0.2, 0.25) is 11.9 Å². The summed E-state index contributed by atoms with van der Waals surface area (Å²) in [6.45, 7) is -0.384. The molecule has 4 N–H and O–H groups in total. The number of rotatable bonds is 7. The first-order chi connectivity index (χ1) is 15.3. The van der Waals surface area contributed by atoms with Gasteiger partial charge >= 0.3 is 6.18 Å². The lowest BCUT2D eigenvalue weighted by Crippen LogP contribution is -2.28. The smallest absolute Gasteiger partial charge is 0.394 e. The van der Waals surface area contributed by atoms with Crippen LogP contribution in [0, 0.1) is 0 Å². The van der Waals surface area contributed by atoms with E-state index in [1.165, 1.54) is 0 Å². The highest BCUT2D eigenvalue weighted by Gasteiger charge is 2.36. The fourth-order valence-electron chi connectivity index (χ4n) is 3.45. The van der Waals surface area contributed by atoms with Crippen LogP contribution in [0.5, 0.6) is 0 Å². The summed E-state index contributed by atoms with van der Waals surface area (Å²) in [4.78, 5) is 19.3. The maximum atomic E-state index is 13.5. The predicted molar refractivity (Wildman–Crippen MR) is 114 cm³/mol. The number of anilines is 4. The van der Waals surface area contributed by atoms with Crippen molar-refractivity contribution in [3.63, 3.8) is 0 Å². The molecule has 0 bridgehead atoms. The Labute approximate surface area is 181 Å². The number of fused-ring (bicyclic) bond motifs is 1. The largest absolute Gasteiger partial charge is 0.421 e. The molecule has 2 heterocycles. The summed E-state index contributed by atoms with van der Waals surface area (Å²) in [5.74, 6) is -0.597. The van der Waals surface area contributed by atoms with Crippen molar-refractivity contribution >= 4 is 29.0 Å². The summed E-state index contributed by atoms with van der Waals surface area (Å²) >= 11 is 0. The van der Waals surface area contributed by atoms with Gasteiger partial charge in [-0.2, -0.15) is 18.2 Å². The van der Waals surface area contributed by atoms with Crippen molar-refractivity contribution in [2.75, 3.05) is 22.6 Å². The van der Waals surface area contributed by atoms with E-state index in [0.29, 0.717) is 24.0 Å². The highest BCUT2D eigenvalue weighted by Crippen LogP contribution is 2.35. The van der Waals surface area contributed by atoms with Crippen LogP contribution < -0.4 is 16.0 Å². The molecule has 10 heteroatoms. The Hall–Kier alpha value is -3.66. The average Bonchev–Trinajstić information content (AvgIpc) is 3.12. The van der Waals surface area contributed by atoms with Crippen molar-refractivity contribution in [3.8, 4) is 0 Å². The lowest BCUT2D eigenvalue weighted by molar-refractivity contribution is -0.137. The minimum Gasteiger partial charge on any atom is -0.394 e. The number of aliphatic hydroxyl groups excluding tert-OH is 1. The highest BCUT2D eigenvalue weighted by molar-refractivity contribution is 5.99. The third kappa shape index (κ3) is 4.97. The molecule has 32 heavy (non-hydrogen) atoms. The zero-order valence-corrected chi connectivity index (χ0v) is 16.8. The van der Waals surface area contributed by atoms with E-state index in [1.54, 1.807) is 18.2 Å². The number of hydrogen-bond acceptors (Lipinski definition) is 6. The second-order valence-corrected chi connectivity index (χ2v) is 7.39. The number of nitrogens with zero attached hydrogens (tertiary/aromatic N) is 2. The summed E-state index contributed by atoms with van der Waals surface area (Å²) in [7, 11) is 0. The highest BCUT2D eigenvalue weighted by atomic mass is 19.4. The van der Waals surface area contributed by atoms with E-state index in [2.05, 4.69) is 25.9 Å². The van der Waals surface area contributed by atoms with Crippen molar-refractivity contribution < 1.29 is 23.1 Å². The number of carbonyl (C=O) groups is 1. The number of benzene rings is 2. The number of aromatic nitrogens is 2. The van der Waals surface area contributed by atoms with Gasteiger partial charge in [-0.15, -0.1) is 0 Å². The number of alkyl halides is 3. The maximum Gasteiger partial charge on any atom is 0.421 e. The van der Waals surface area contributed by atoms with Crippen LogP contribution in [0.15, 0.2) is 54.7 Å². The number of hydrogen-bond donors (Lipinski definition) is 4. The Kier molecular flexibility index (Phi) is 5.95. The molecule has 0 radical (unpaired) electrons. The van der Waals surface area contributed by atoms with Crippen LogP contribution in [0.1, 0.15) is 16.7 Å². The van der Waals surface area contributed by atoms with E-state index in [4.69, 9.17) is 0 Å². The predicted octanol–water partition coefficient (Wildman–Crippen LogP) is 3.75. The zero-order chi connectivity index (χ0) is 22.7. The average molecular weight is 443 g/mol. The Morgan fingerprint density at radius 2 is 1.94 bits per heavy atom. The zero-order valence-electron chi connectivity index (χ0n) is 16.8. The molecular formula is C22H20F3N5O2. The van der Waals surface area contributed by atoms with Crippen molar-refractivity contribution in [2.24, 2.45) is 0 Å². The Morgan fingerprint density at radius 1 is 1.16 bits per heavy atom. The summed E-state index contributed by atoms with van der Waals surface area (Å²) in [5, 5.41) is 18.0. The van der Waals surface area contributed by atoms with Gasteiger partial charge in [-0.05, 0) is 35.7 Å². The molecule has 0 saturated heterocycles. The van der Waals surface area contributed by atoms with Crippen LogP contribution in [0.25, 0.3) is 0 Å². The maximum absolute atomic E-state index is 13.5. The van der Waals surface area contributed by atoms with Crippen LogP contribution in [0.2, 0.25) is 0 Å². The van der Waals surface area contributed by atoms with Crippen molar-refractivity contribution in [1.82, 2.24) is 9.97 Å². The number of aliphatic hydroxyl groups is 1. The number of amides is 1. The molecule has 4 rings (SSSR count). The summed E-state index contributed by atoms with van der Waals surface area (Å²) in [6, 6.07) is 13.5. The Bertz CT molecular complexity index is 1120. The van der Waals surface area contributed by atoms with Gasteiger partial charge in [-0.25, -0.2) is 4.98 Å². The van der Waals surface area contributed by atoms with Gasteiger partial charge < -0.3 is 21.1 Å². The second kappa shape index (κ2) is 8.83. The molecule has 3 aromatic rings. The molecule has 1 aliphatic rings. The SMILES string of the molecule is O=C1Cc2cc(Nc3ncc(C(F)(F)F)c(N[C@H](CO)Cc4ccccc4)n3)ccc2N1. The fourth-order valence-corrected chi connectivity index (χ4v) is 3.45. The third-order valence-electron chi connectivity index (χ3n) is 4.97. The molecule has 0 spiro atoms. The topological polar surface area (TPSA) is 99.2 Å². The molecule has 0 saturated carbocycles. The molecule has 0 fully saturated rings. The minimum absolute atomic E-state index is 0.0471. The molecule has 1 atom stereocenters. The van der Waals surface area contributed by atoms with Gasteiger partial charge in [0.05, 0.1) is 19.1 Å². The van der Waals surface area contributed by atoms with E-state index < -0.39 is 23.6 Å². The Balaban J connectivity index is 1.58. The van der Waals surface area contributed by atoms with Crippen LogP contribution >= 0.6 is 0 Å². The third-order valence-corrected chi connectivity index (χ3v) is 4.97. The molecule has 1 aromatic heterocycles. The van der Waals surface area contributed by atoms with Crippen molar-refractivity contribution in [1.29, 1.82) is 0 Å². The number of nitrogens with one attached hydrogen (secondary N) is 3. The quantitative estimate of drug-likeness (QED) is 0.444. The first-order valence-electron chi connectivity index (χ1n) is 9.87. The van der Waals surface area contributed by atoms with Gasteiger partial charge in [0.25, 0.3) is 0 Å². The van der Waals surface area contributed by atoms with E-state index in [1.807, 2.05) is 30.3 Å². The Morgan fingerprint density at radius 3 is 2.66 bits per heavy atom. The monoisotopic (exact) mass is 443 g/mol. The summed E-state index contributed by atoms with van der Waals surface area (Å²) < 4.78 is 40.6. The van der Waals surface area contributed by atoms with Crippen LogP contribution in [-0.4, -0.2) is 33.6 Å². The van der Waals surface area contributed by atoms with Gasteiger partial charge in [-0.3, -0.25) is 4.79 Å². The lowest BCUT2D eigenvalue weighted by Gasteiger charge is -2.20. The van der Waals surface area contributed by atoms with Gasteiger partial charge in [0, 0.05) is 17.6 Å². The molecule has 2 aromatic carbocycles. The van der Waals surface area contributed by atoms with Gasteiger partial charge in [0.1, 0.15) is 11.4 Å². The molecule has 7 nitrogen and oxygen atoms in total. The lowest BCUT2D eigenvalue weighted by atomic mass is 10.1. The molecule has 1 amide bonds. The molecular weight excluding hydrogens is 423 g/mol. The molecule has 0 aliphatic carbocycles. The first-order valence-corrected chi connectivity index (χ1v) is 9.87. The first kappa shape index (κ1) is 21.6.